The minimum atomic E-state index is -0.632. The van der Waals surface area contributed by atoms with Crippen LogP contribution >= 0.6 is 0 Å². The number of rotatable bonds is 7. The smallest absolute Gasteiger partial charge is 0.414 e. The van der Waals surface area contributed by atoms with Crippen LogP contribution in [0.5, 0.6) is 5.75 Å². The minimum Gasteiger partial charge on any atom is -0.491 e. The van der Waals surface area contributed by atoms with Crippen molar-refractivity contribution in [2.45, 2.75) is 52.7 Å². The fraction of sp³-hybridized carbons (Fsp3) is 0.429. The number of carbonyl (C=O) groups excluding carboxylic acids is 2. The van der Waals surface area contributed by atoms with Crippen molar-refractivity contribution in [2.24, 2.45) is 0 Å². The van der Waals surface area contributed by atoms with Gasteiger partial charge in [0.25, 0.3) is 0 Å². The topological polar surface area (TPSA) is 74.3 Å². The Bertz CT molecular complexity index is 1070. The van der Waals surface area contributed by atoms with E-state index in [4.69, 9.17) is 18.9 Å². The lowest BCUT2D eigenvalue weighted by molar-refractivity contribution is -0.136. The van der Waals surface area contributed by atoms with Crippen molar-refractivity contribution in [1.29, 1.82) is 0 Å². The molecule has 1 aliphatic heterocycles. The third-order valence-electron chi connectivity index (χ3n) is 5.31. The van der Waals surface area contributed by atoms with Gasteiger partial charge in [-0.25, -0.2) is 9.59 Å². The van der Waals surface area contributed by atoms with Gasteiger partial charge in [-0.3, -0.25) is 4.90 Å². The fourth-order valence-corrected chi connectivity index (χ4v) is 3.69. The number of hydrogen-bond acceptors (Lipinski definition) is 6. The predicted octanol–water partition coefficient (Wildman–Crippen LogP) is 5.86. The molecule has 0 aromatic heterocycles. The zero-order valence-electron chi connectivity index (χ0n) is 21.4. The van der Waals surface area contributed by atoms with Gasteiger partial charge in [0.2, 0.25) is 0 Å². The fourth-order valence-electron chi connectivity index (χ4n) is 3.69. The number of methoxy groups -OCH3 is 1. The van der Waals surface area contributed by atoms with Crippen LogP contribution in [0.25, 0.3) is 17.2 Å². The van der Waals surface area contributed by atoms with Gasteiger partial charge in [0.15, 0.2) is 0 Å². The zero-order valence-corrected chi connectivity index (χ0v) is 21.4. The van der Waals surface area contributed by atoms with Crippen LogP contribution in [0.4, 0.5) is 10.5 Å². The van der Waals surface area contributed by atoms with Crippen LogP contribution in [0.3, 0.4) is 0 Å². The summed E-state index contributed by atoms with van der Waals surface area (Å²) >= 11 is 0. The number of ether oxygens (including phenoxy) is 4. The van der Waals surface area contributed by atoms with E-state index in [0.717, 1.165) is 22.4 Å². The van der Waals surface area contributed by atoms with E-state index < -0.39 is 17.7 Å². The minimum absolute atomic E-state index is 0.175. The standard InChI is InChI=1S/C28H35NO6/c1-19(2)33-15-16-34-24-10-7-20(8-11-24)21-9-12-25-23(17-21)18-22(26(30)32-6)13-14-29(25)27(31)35-28(3,4)5/h7-12,17-19H,13-16H2,1-6H3. The van der Waals surface area contributed by atoms with E-state index in [0.29, 0.717) is 37.4 Å². The molecule has 3 rings (SSSR count). The molecule has 0 aliphatic carbocycles. The van der Waals surface area contributed by atoms with E-state index in [-0.39, 0.29) is 6.10 Å². The molecular formula is C28H35NO6. The molecule has 0 fully saturated rings. The number of hydrogen-bond donors (Lipinski definition) is 0. The Kier molecular flexibility index (Phi) is 8.57. The lowest BCUT2D eigenvalue weighted by Crippen LogP contribution is -2.37. The van der Waals surface area contributed by atoms with Gasteiger partial charge in [0, 0.05) is 12.1 Å². The average Bonchev–Trinajstić information content (AvgIpc) is 3.00. The molecule has 7 nitrogen and oxygen atoms in total. The van der Waals surface area contributed by atoms with Gasteiger partial charge < -0.3 is 18.9 Å². The third kappa shape index (κ3) is 7.33. The number of anilines is 1. The molecule has 2 aromatic carbocycles. The highest BCUT2D eigenvalue weighted by atomic mass is 16.6. The summed E-state index contributed by atoms with van der Waals surface area (Å²) in [6, 6.07) is 13.6. The molecule has 188 valence electrons. The normalized spacial score (nSPS) is 13.6. The van der Waals surface area contributed by atoms with E-state index in [2.05, 4.69) is 0 Å². The summed E-state index contributed by atoms with van der Waals surface area (Å²) in [5.41, 5.74) is 3.24. The third-order valence-corrected chi connectivity index (χ3v) is 5.31. The highest BCUT2D eigenvalue weighted by molar-refractivity contribution is 5.99. The number of benzene rings is 2. The first-order valence-electron chi connectivity index (χ1n) is 11.9. The van der Waals surface area contributed by atoms with Crippen LogP contribution in [0.1, 0.15) is 46.6 Å². The Balaban J connectivity index is 1.87. The first-order chi connectivity index (χ1) is 16.6. The average molecular weight is 482 g/mol. The van der Waals surface area contributed by atoms with E-state index >= 15 is 0 Å². The van der Waals surface area contributed by atoms with Gasteiger partial charge >= 0.3 is 12.1 Å². The number of amides is 1. The van der Waals surface area contributed by atoms with Gasteiger partial charge in [-0.2, -0.15) is 0 Å². The summed E-state index contributed by atoms with van der Waals surface area (Å²) in [5.74, 6) is 0.357. The molecule has 1 heterocycles. The molecule has 0 saturated carbocycles. The summed E-state index contributed by atoms with van der Waals surface area (Å²) in [6.07, 6.45) is 1.88. The van der Waals surface area contributed by atoms with Gasteiger partial charge in [-0.1, -0.05) is 18.2 Å². The maximum atomic E-state index is 13.0. The van der Waals surface area contributed by atoms with Crippen LogP contribution in [0.15, 0.2) is 48.0 Å². The van der Waals surface area contributed by atoms with Crippen molar-refractivity contribution in [2.75, 3.05) is 31.8 Å². The van der Waals surface area contributed by atoms with E-state index in [1.54, 1.807) is 11.0 Å². The highest BCUT2D eigenvalue weighted by Gasteiger charge is 2.28. The van der Waals surface area contributed by atoms with Gasteiger partial charge in [-0.05, 0) is 88.1 Å². The van der Waals surface area contributed by atoms with Crippen LogP contribution in [0, 0.1) is 0 Å². The zero-order chi connectivity index (χ0) is 25.6. The van der Waals surface area contributed by atoms with Crippen molar-refractivity contribution in [3.63, 3.8) is 0 Å². The Morgan fingerprint density at radius 2 is 1.69 bits per heavy atom. The second-order valence-electron chi connectivity index (χ2n) is 9.61. The molecule has 0 spiro atoms. The number of esters is 1. The molecule has 1 amide bonds. The Labute approximate surface area is 207 Å². The lowest BCUT2D eigenvalue weighted by atomic mass is 10.0. The van der Waals surface area contributed by atoms with Crippen LogP contribution < -0.4 is 9.64 Å². The van der Waals surface area contributed by atoms with Crippen molar-refractivity contribution in [3.05, 3.63) is 53.6 Å². The first kappa shape index (κ1) is 26.3. The Morgan fingerprint density at radius 3 is 2.31 bits per heavy atom. The summed E-state index contributed by atoms with van der Waals surface area (Å²) in [4.78, 5) is 26.9. The summed E-state index contributed by atoms with van der Waals surface area (Å²) in [5, 5.41) is 0. The van der Waals surface area contributed by atoms with Gasteiger partial charge in [-0.15, -0.1) is 0 Å². The predicted molar refractivity (Wildman–Crippen MR) is 137 cm³/mol. The second-order valence-corrected chi connectivity index (χ2v) is 9.61. The maximum absolute atomic E-state index is 13.0. The number of fused-ring (bicyclic) bond motifs is 1. The summed E-state index contributed by atoms with van der Waals surface area (Å²) in [6.45, 7) is 10.8. The van der Waals surface area contributed by atoms with E-state index in [9.17, 15) is 9.59 Å². The van der Waals surface area contributed by atoms with Gasteiger partial charge in [0.1, 0.15) is 18.0 Å². The molecule has 35 heavy (non-hydrogen) atoms. The summed E-state index contributed by atoms with van der Waals surface area (Å²) in [7, 11) is 1.36. The molecule has 0 N–H and O–H groups in total. The van der Waals surface area contributed by atoms with Crippen LogP contribution in [0.2, 0.25) is 0 Å². The van der Waals surface area contributed by atoms with Crippen LogP contribution in [-0.4, -0.2) is 50.6 Å². The first-order valence-corrected chi connectivity index (χ1v) is 11.9. The van der Waals surface area contributed by atoms with Crippen molar-refractivity contribution in [3.8, 4) is 16.9 Å². The van der Waals surface area contributed by atoms with Crippen LogP contribution in [-0.2, 0) is 19.0 Å². The largest absolute Gasteiger partial charge is 0.491 e. The molecule has 2 aromatic rings. The molecule has 1 aliphatic rings. The lowest BCUT2D eigenvalue weighted by Gasteiger charge is -2.27. The Hall–Kier alpha value is -3.32. The quantitative estimate of drug-likeness (QED) is 0.364. The number of carbonyl (C=O) groups is 2. The molecule has 0 unspecified atom stereocenters. The molecule has 0 radical (unpaired) electrons. The van der Waals surface area contributed by atoms with Gasteiger partial charge in [0.05, 0.1) is 25.5 Å². The SMILES string of the molecule is COC(=O)C1=Cc2cc(-c3ccc(OCCOC(C)C)cc3)ccc2N(C(=O)OC(C)(C)C)CC1. The molecule has 0 atom stereocenters. The van der Waals surface area contributed by atoms with Crippen molar-refractivity contribution < 1.29 is 28.5 Å². The highest BCUT2D eigenvalue weighted by Crippen LogP contribution is 2.34. The molecule has 0 saturated heterocycles. The number of nitrogens with zero attached hydrogens (tertiary/aromatic N) is 1. The molecule has 7 heteroatoms. The van der Waals surface area contributed by atoms with Crippen molar-refractivity contribution >= 4 is 23.8 Å². The monoisotopic (exact) mass is 481 g/mol. The van der Waals surface area contributed by atoms with Crippen molar-refractivity contribution in [1.82, 2.24) is 0 Å². The Morgan fingerprint density at radius 1 is 1.00 bits per heavy atom. The maximum Gasteiger partial charge on any atom is 0.414 e. The molecule has 0 bridgehead atoms. The van der Waals surface area contributed by atoms with E-state index in [1.807, 2.05) is 77.1 Å². The summed E-state index contributed by atoms with van der Waals surface area (Å²) < 4.78 is 21.8. The second kappa shape index (κ2) is 11.4. The molecular weight excluding hydrogens is 446 g/mol. The van der Waals surface area contributed by atoms with E-state index in [1.165, 1.54) is 7.11 Å².